The predicted molar refractivity (Wildman–Crippen MR) is 128 cm³/mol. The number of benzene rings is 2. The third-order valence-electron chi connectivity index (χ3n) is 6.11. The van der Waals surface area contributed by atoms with Crippen LogP contribution in [0, 0.1) is 5.92 Å². The van der Waals surface area contributed by atoms with Crippen molar-refractivity contribution in [2.75, 3.05) is 51.9 Å². The first-order valence-electron chi connectivity index (χ1n) is 11.4. The van der Waals surface area contributed by atoms with Gasteiger partial charge in [0.25, 0.3) is 0 Å². The largest absolute Gasteiger partial charge is 0.497 e. The molecule has 9 heteroatoms. The first-order chi connectivity index (χ1) is 16.5. The number of amides is 1. The molecule has 2 aliphatic rings. The van der Waals surface area contributed by atoms with E-state index in [1.54, 1.807) is 33.3 Å². The van der Waals surface area contributed by atoms with Crippen molar-refractivity contribution in [3.05, 3.63) is 54.1 Å². The normalized spacial score (nSPS) is 20.3. The van der Waals surface area contributed by atoms with Crippen molar-refractivity contribution in [2.45, 2.75) is 13.0 Å². The molecule has 0 aliphatic carbocycles. The predicted octanol–water partition coefficient (Wildman–Crippen LogP) is 2.23. The Morgan fingerprint density at radius 3 is 2.06 bits per heavy atom. The van der Waals surface area contributed by atoms with E-state index in [0.29, 0.717) is 24.8 Å². The zero-order valence-corrected chi connectivity index (χ0v) is 19.7. The van der Waals surface area contributed by atoms with Crippen LogP contribution in [0.5, 0.6) is 11.5 Å². The molecule has 9 nitrogen and oxygen atoms in total. The third-order valence-corrected chi connectivity index (χ3v) is 6.11. The quantitative estimate of drug-likeness (QED) is 0.516. The molecule has 1 amide bonds. The van der Waals surface area contributed by atoms with Crippen molar-refractivity contribution in [2.24, 2.45) is 10.9 Å². The molecule has 34 heavy (non-hydrogen) atoms. The minimum absolute atomic E-state index is 0.196. The molecular weight excluding hydrogens is 436 g/mol. The number of esters is 1. The van der Waals surface area contributed by atoms with Gasteiger partial charge in [-0.1, -0.05) is 12.1 Å². The maximum Gasteiger partial charge on any atom is 0.321 e. The van der Waals surface area contributed by atoms with E-state index in [4.69, 9.17) is 19.2 Å². The molecule has 1 N–H and O–H groups in total. The number of methoxy groups -OCH3 is 2. The number of nitrogens with zero attached hydrogens (tertiary/aromatic N) is 3. The molecule has 2 aliphatic heterocycles. The van der Waals surface area contributed by atoms with E-state index in [1.807, 2.05) is 36.4 Å². The van der Waals surface area contributed by atoms with Gasteiger partial charge in [0.1, 0.15) is 17.5 Å². The summed E-state index contributed by atoms with van der Waals surface area (Å²) in [4.78, 5) is 34.8. The molecule has 0 radical (unpaired) electrons. The molecule has 0 spiro atoms. The van der Waals surface area contributed by atoms with Gasteiger partial charge < -0.3 is 24.0 Å². The first-order valence-corrected chi connectivity index (χ1v) is 11.4. The summed E-state index contributed by atoms with van der Waals surface area (Å²) in [6.07, 6.45) is 0. The van der Waals surface area contributed by atoms with E-state index in [-0.39, 0.29) is 6.61 Å². The summed E-state index contributed by atoms with van der Waals surface area (Å²) in [7, 11) is 3.24. The summed E-state index contributed by atoms with van der Waals surface area (Å²) in [6, 6.07) is 14.6. The second-order valence-corrected chi connectivity index (χ2v) is 8.06. The van der Waals surface area contributed by atoms with Crippen LogP contribution < -0.4 is 19.7 Å². The molecule has 1 saturated heterocycles. The van der Waals surface area contributed by atoms with Gasteiger partial charge in [0.05, 0.1) is 20.8 Å². The van der Waals surface area contributed by atoms with Crippen molar-refractivity contribution in [3.8, 4) is 11.5 Å². The van der Waals surface area contributed by atoms with Crippen LogP contribution in [0.1, 0.15) is 18.5 Å². The topological polar surface area (TPSA) is 92.7 Å². The molecule has 2 heterocycles. The van der Waals surface area contributed by atoms with E-state index in [1.165, 1.54) is 0 Å². The van der Waals surface area contributed by atoms with E-state index in [0.717, 1.165) is 30.1 Å². The highest BCUT2D eigenvalue weighted by molar-refractivity contribution is 6.08. The molecule has 0 unspecified atom stereocenters. The van der Waals surface area contributed by atoms with Gasteiger partial charge in [-0.2, -0.15) is 0 Å². The lowest BCUT2D eigenvalue weighted by Gasteiger charge is -2.39. The fourth-order valence-electron chi connectivity index (χ4n) is 4.24. The van der Waals surface area contributed by atoms with Crippen molar-refractivity contribution < 1.29 is 23.8 Å². The molecule has 2 aromatic rings. The first kappa shape index (κ1) is 23.4. The molecule has 2 aromatic carbocycles. The number of carbonyl (C=O) groups excluding carboxylic acids is 2. The van der Waals surface area contributed by atoms with Crippen LogP contribution in [0.15, 0.2) is 53.5 Å². The van der Waals surface area contributed by atoms with Gasteiger partial charge in [-0.15, -0.1) is 0 Å². The van der Waals surface area contributed by atoms with Gasteiger partial charge >= 0.3 is 5.97 Å². The van der Waals surface area contributed by atoms with Gasteiger partial charge in [0, 0.05) is 31.9 Å². The SMILES string of the molecule is CCOC(=O)[C@H]1C(=O)NC(N2CCN(c3ccc(OC)cc3)CC2)=N[C@H]1c1ccc(OC)cc1. The number of guanidine groups is 1. The summed E-state index contributed by atoms with van der Waals surface area (Å²) >= 11 is 0. The van der Waals surface area contributed by atoms with Crippen LogP contribution in [0.4, 0.5) is 5.69 Å². The lowest BCUT2D eigenvalue weighted by atomic mass is 9.91. The average molecular weight is 467 g/mol. The summed E-state index contributed by atoms with van der Waals surface area (Å²) in [5.74, 6) is -0.0221. The minimum Gasteiger partial charge on any atom is -0.497 e. The van der Waals surface area contributed by atoms with Crippen molar-refractivity contribution in [3.63, 3.8) is 0 Å². The molecular formula is C25H30N4O5. The van der Waals surface area contributed by atoms with E-state index < -0.39 is 23.8 Å². The Morgan fingerprint density at radius 1 is 0.941 bits per heavy atom. The molecule has 180 valence electrons. The number of rotatable bonds is 6. The Bertz CT molecular complexity index is 1030. The van der Waals surface area contributed by atoms with E-state index in [2.05, 4.69) is 15.1 Å². The number of piperazine rings is 1. The Hall–Kier alpha value is -3.75. The van der Waals surface area contributed by atoms with Gasteiger partial charge in [-0.05, 0) is 48.9 Å². The Balaban J connectivity index is 1.53. The third kappa shape index (κ3) is 4.93. The maximum atomic E-state index is 13.1. The van der Waals surface area contributed by atoms with Crippen LogP contribution in [0.2, 0.25) is 0 Å². The van der Waals surface area contributed by atoms with Gasteiger partial charge in [0.15, 0.2) is 5.92 Å². The highest BCUT2D eigenvalue weighted by atomic mass is 16.5. The fraction of sp³-hybridized carbons (Fsp3) is 0.400. The average Bonchev–Trinajstić information content (AvgIpc) is 2.88. The van der Waals surface area contributed by atoms with Crippen LogP contribution >= 0.6 is 0 Å². The maximum absolute atomic E-state index is 13.1. The molecule has 2 atom stereocenters. The Kier molecular flexibility index (Phi) is 7.20. The van der Waals surface area contributed by atoms with Crippen molar-refractivity contribution in [1.29, 1.82) is 0 Å². The van der Waals surface area contributed by atoms with Crippen molar-refractivity contribution >= 4 is 23.5 Å². The number of ether oxygens (including phenoxy) is 3. The van der Waals surface area contributed by atoms with Crippen LogP contribution in [0.25, 0.3) is 0 Å². The smallest absolute Gasteiger partial charge is 0.321 e. The monoisotopic (exact) mass is 466 g/mol. The second kappa shape index (κ2) is 10.5. The number of nitrogens with one attached hydrogen (secondary N) is 1. The van der Waals surface area contributed by atoms with Crippen LogP contribution in [-0.4, -0.2) is 69.7 Å². The number of hydrogen-bond acceptors (Lipinski definition) is 8. The minimum atomic E-state index is -1.04. The zero-order chi connectivity index (χ0) is 24.1. The number of carbonyl (C=O) groups is 2. The van der Waals surface area contributed by atoms with Gasteiger partial charge in [-0.3, -0.25) is 14.9 Å². The highest BCUT2D eigenvalue weighted by Gasteiger charge is 2.42. The van der Waals surface area contributed by atoms with Crippen molar-refractivity contribution in [1.82, 2.24) is 10.2 Å². The summed E-state index contributed by atoms with van der Waals surface area (Å²) < 4.78 is 15.7. The standard InChI is InChI=1S/C25H30N4O5/c1-4-34-24(31)21-22(17-5-9-19(32-2)10-6-17)26-25(27-23(21)30)29-15-13-28(14-16-29)18-7-11-20(33-3)12-8-18/h5-12,21-22H,4,13-16H2,1-3H3,(H,26,27,30)/t21-,22+/m1/s1. The zero-order valence-electron chi connectivity index (χ0n) is 19.7. The van der Waals surface area contributed by atoms with Gasteiger partial charge in [-0.25, -0.2) is 4.99 Å². The highest BCUT2D eigenvalue weighted by Crippen LogP contribution is 2.32. The van der Waals surface area contributed by atoms with E-state index >= 15 is 0 Å². The molecule has 0 bridgehead atoms. The summed E-state index contributed by atoms with van der Waals surface area (Å²) in [5.41, 5.74) is 1.87. The summed E-state index contributed by atoms with van der Waals surface area (Å²) in [6.45, 7) is 4.83. The lowest BCUT2D eigenvalue weighted by Crippen LogP contribution is -2.57. The Morgan fingerprint density at radius 2 is 1.50 bits per heavy atom. The molecule has 4 rings (SSSR count). The number of anilines is 1. The second-order valence-electron chi connectivity index (χ2n) is 8.06. The lowest BCUT2D eigenvalue weighted by molar-refractivity contribution is -0.153. The Labute approximate surface area is 199 Å². The molecule has 0 aromatic heterocycles. The van der Waals surface area contributed by atoms with Crippen LogP contribution in [-0.2, 0) is 14.3 Å². The number of hydrogen-bond donors (Lipinski definition) is 1. The fourth-order valence-corrected chi connectivity index (χ4v) is 4.24. The van der Waals surface area contributed by atoms with Gasteiger partial charge in [0.2, 0.25) is 11.9 Å². The summed E-state index contributed by atoms with van der Waals surface area (Å²) in [5, 5.41) is 2.84. The number of aliphatic imine (C=N–C) groups is 1. The molecule has 1 fully saturated rings. The van der Waals surface area contributed by atoms with Crippen LogP contribution in [0.3, 0.4) is 0 Å². The molecule has 0 saturated carbocycles. The van der Waals surface area contributed by atoms with E-state index in [9.17, 15) is 9.59 Å².